The number of benzene rings is 4. The maximum absolute atomic E-state index is 14.5. The van der Waals surface area contributed by atoms with Gasteiger partial charge in [-0.25, -0.2) is 43.8 Å². The maximum Gasteiger partial charge on any atom is 0.376 e. The van der Waals surface area contributed by atoms with Crippen LogP contribution in [-0.2, 0) is 70.0 Å². The molecule has 6 aromatic rings. The van der Waals surface area contributed by atoms with E-state index >= 15 is 0 Å². The Hall–Kier alpha value is -6.20. The Labute approximate surface area is 390 Å². The molecule has 0 aliphatic rings. The fraction of sp³-hybridized carbons (Fsp3) is 0.289. The van der Waals surface area contributed by atoms with Crippen molar-refractivity contribution in [3.05, 3.63) is 125 Å². The van der Waals surface area contributed by atoms with Crippen LogP contribution in [0.3, 0.4) is 0 Å². The molecule has 2 unspecified atom stereocenters. The van der Waals surface area contributed by atoms with Crippen LogP contribution in [0, 0.1) is 27.7 Å². The van der Waals surface area contributed by atoms with Crippen LogP contribution >= 0.6 is 0 Å². The molecule has 0 amide bonds. The molecule has 6 rings (SSSR count). The third kappa shape index (κ3) is 12.0. The summed E-state index contributed by atoms with van der Waals surface area (Å²) in [6, 6.07) is 21.3. The van der Waals surface area contributed by atoms with Crippen molar-refractivity contribution in [3.63, 3.8) is 0 Å². The van der Waals surface area contributed by atoms with Gasteiger partial charge >= 0.3 is 11.9 Å². The summed E-state index contributed by atoms with van der Waals surface area (Å²) in [6.07, 6.45) is -0.471. The normalized spacial score (nSPS) is 12.9. The summed E-state index contributed by atoms with van der Waals surface area (Å²) in [6.45, 7) is 5.01. The van der Waals surface area contributed by atoms with E-state index in [1.54, 1.807) is 51.2 Å². The van der Waals surface area contributed by atoms with Crippen LogP contribution in [0.25, 0.3) is 11.0 Å². The van der Waals surface area contributed by atoms with E-state index in [1.807, 2.05) is 6.92 Å². The number of carbonyl (C=O) groups excluding carboxylic acids is 2. The standard InChI is InChI=1S/C45H47N3O15S4/c1-29-7-14-35(15-8-29)65(52,53)23-21-60-41(49)27-62-44(43(50)61-22-24-66(54,55)36-16-9-30(2)10-17-36)63-33-11-18-37(19-12-33)67(56,57)48-40-20-13-34(58-5)25-38(40)47-45(48)64(51)28-39-32(4)42(59-6)31(3)26-46-39/h7-20,25-26,44H,21-24,27-28H2,1-6H3. The largest absolute Gasteiger partial charge is 0.497 e. The van der Waals surface area contributed by atoms with Gasteiger partial charge in [-0.1, -0.05) is 35.4 Å². The monoisotopic (exact) mass is 997 g/mol. The number of aromatic nitrogens is 3. The minimum Gasteiger partial charge on any atom is -0.497 e. The van der Waals surface area contributed by atoms with Crippen molar-refractivity contribution < 1.29 is 67.5 Å². The molecule has 67 heavy (non-hydrogen) atoms. The molecular formula is C45H47N3O15S4. The molecule has 0 fully saturated rings. The van der Waals surface area contributed by atoms with Gasteiger partial charge in [0.15, 0.2) is 19.7 Å². The Kier molecular flexibility index (Phi) is 15.9. The van der Waals surface area contributed by atoms with Crippen LogP contribution < -0.4 is 14.2 Å². The first-order chi connectivity index (χ1) is 31.7. The second-order valence-corrected chi connectivity index (χ2v) is 22.3. The molecular weight excluding hydrogens is 951 g/mol. The molecule has 22 heteroatoms. The highest BCUT2D eigenvalue weighted by Crippen LogP contribution is 2.31. The lowest BCUT2D eigenvalue weighted by Crippen LogP contribution is -2.35. The summed E-state index contributed by atoms with van der Waals surface area (Å²) in [5.41, 5.74) is 3.73. The van der Waals surface area contributed by atoms with E-state index < -0.39 is 90.1 Å². The van der Waals surface area contributed by atoms with Crippen LogP contribution in [-0.4, -0.2) is 107 Å². The van der Waals surface area contributed by atoms with Crippen LogP contribution in [0.2, 0.25) is 0 Å². The summed E-state index contributed by atoms with van der Waals surface area (Å²) in [5.74, 6) is -2.94. The molecule has 2 heterocycles. The van der Waals surface area contributed by atoms with Crippen molar-refractivity contribution in [2.24, 2.45) is 0 Å². The second kappa shape index (κ2) is 21.2. The second-order valence-electron chi connectivity index (χ2n) is 14.9. The summed E-state index contributed by atoms with van der Waals surface area (Å²) < 4.78 is 127. The summed E-state index contributed by atoms with van der Waals surface area (Å²) in [5, 5.41) is -0.301. The number of fused-ring (bicyclic) bond motifs is 1. The van der Waals surface area contributed by atoms with Gasteiger partial charge < -0.3 is 28.4 Å². The summed E-state index contributed by atoms with van der Waals surface area (Å²) in [7, 11) is -11.4. The van der Waals surface area contributed by atoms with Gasteiger partial charge in [0.25, 0.3) is 16.3 Å². The third-order valence-corrected chi connectivity index (χ3v) is 16.6. The van der Waals surface area contributed by atoms with Gasteiger partial charge in [-0.15, -0.1) is 0 Å². The molecule has 356 valence electrons. The average molecular weight is 998 g/mol. The zero-order valence-corrected chi connectivity index (χ0v) is 40.4. The zero-order chi connectivity index (χ0) is 48.7. The number of nitrogens with zero attached hydrogens (tertiary/aromatic N) is 3. The number of aryl methyl sites for hydroxylation is 3. The van der Waals surface area contributed by atoms with Gasteiger partial charge in [0, 0.05) is 23.4 Å². The molecule has 0 saturated heterocycles. The molecule has 18 nitrogen and oxygen atoms in total. The molecule has 2 aromatic heterocycles. The van der Waals surface area contributed by atoms with Crippen molar-refractivity contribution in [2.75, 3.05) is 45.5 Å². The number of ether oxygens (including phenoxy) is 6. The Balaban J connectivity index is 1.22. The molecule has 0 radical (unpaired) electrons. The lowest BCUT2D eigenvalue weighted by atomic mass is 10.1. The number of imidazole rings is 1. The molecule has 4 aromatic carbocycles. The Morgan fingerprint density at radius 3 is 1.82 bits per heavy atom. The van der Waals surface area contributed by atoms with E-state index in [0.717, 1.165) is 32.8 Å². The quantitative estimate of drug-likeness (QED) is 0.0682. The third-order valence-electron chi connectivity index (χ3n) is 10.1. The molecule has 0 aliphatic carbocycles. The van der Waals surface area contributed by atoms with Gasteiger partial charge in [0.2, 0.25) is 5.16 Å². The lowest BCUT2D eigenvalue weighted by molar-refractivity contribution is -0.182. The van der Waals surface area contributed by atoms with E-state index in [-0.39, 0.29) is 42.4 Å². The van der Waals surface area contributed by atoms with Gasteiger partial charge in [-0.2, -0.15) is 0 Å². The number of rotatable bonds is 21. The Morgan fingerprint density at radius 2 is 1.25 bits per heavy atom. The topological polar surface area (TPSA) is 240 Å². The van der Waals surface area contributed by atoms with E-state index in [9.17, 15) is 39.1 Å². The van der Waals surface area contributed by atoms with Crippen molar-refractivity contribution in [1.29, 1.82) is 0 Å². The lowest BCUT2D eigenvalue weighted by Gasteiger charge is -2.18. The average Bonchev–Trinajstić information content (AvgIpc) is 3.69. The fourth-order valence-electron chi connectivity index (χ4n) is 6.49. The van der Waals surface area contributed by atoms with Gasteiger partial charge in [0.1, 0.15) is 37.1 Å². The van der Waals surface area contributed by atoms with Gasteiger partial charge in [0.05, 0.1) is 73.7 Å². The first-order valence-corrected chi connectivity index (χ1v) is 26.3. The molecule has 0 N–H and O–H groups in total. The highest BCUT2D eigenvalue weighted by atomic mass is 32.2. The molecule has 0 spiro atoms. The first-order valence-electron chi connectivity index (χ1n) is 20.2. The van der Waals surface area contributed by atoms with Gasteiger partial charge in [-0.3, -0.25) is 9.19 Å². The van der Waals surface area contributed by atoms with Crippen LogP contribution in [0.4, 0.5) is 0 Å². The number of hydrogen-bond acceptors (Lipinski definition) is 17. The number of methoxy groups -OCH3 is 2. The van der Waals surface area contributed by atoms with Crippen molar-refractivity contribution in [2.45, 2.75) is 59.6 Å². The fourth-order valence-corrected chi connectivity index (χ4v) is 11.7. The number of sulfone groups is 2. The van der Waals surface area contributed by atoms with Crippen LogP contribution in [0.15, 0.2) is 117 Å². The Bertz CT molecular complexity index is 3140. The zero-order valence-electron chi connectivity index (χ0n) is 37.2. The van der Waals surface area contributed by atoms with Crippen LogP contribution in [0.1, 0.15) is 27.9 Å². The molecule has 0 aliphatic heterocycles. The van der Waals surface area contributed by atoms with Crippen molar-refractivity contribution in [1.82, 2.24) is 13.9 Å². The van der Waals surface area contributed by atoms with E-state index in [2.05, 4.69) is 9.97 Å². The summed E-state index contributed by atoms with van der Waals surface area (Å²) >= 11 is 0. The maximum atomic E-state index is 14.5. The van der Waals surface area contributed by atoms with Gasteiger partial charge in [-0.05, 0) is 88.4 Å². The highest BCUT2D eigenvalue weighted by molar-refractivity contribution is 7.92. The predicted molar refractivity (Wildman–Crippen MR) is 244 cm³/mol. The van der Waals surface area contributed by atoms with Crippen molar-refractivity contribution in [3.8, 4) is 17.2 Å². The smallest absolute Gasteiger partial charge is 0.376 e. The summed E-state index contributed by atoms with van der Waals surface area (Å²) in [4.78, 5) is 34.7. The van der Waals surface area contributed by atoms with Crippen molar-refractivity contribution >= 4 is 63.5 Å². The Morgan fingerprint density at radius 1 is 0.701 bits per heavy atom. The number of esters is 2. The molecule has 2 atom stereocenters. The van der Waals surface area contributed by atoms with E-state index in [1.165, 1.54) is 68.8 Å². The van der Waals surface area contributed by atoms with E-state index in [0.29, 0.717) is 22.8 Å². The van der Waals surface area contributed by atoms with Crippen LogP contribution in [0.5, 0.6) is 17.2 Å². The number of hydrogen-bond donors (Lipinski definition) is 0. The predicted octanol–water partition coefficient (Wildman–Crippen LogP) is 4.98. The van der Waals surface area contributed by atoms with E-state index in [4.69, 9.17) is 28.4 Å². The number of carbonyl (C=O) groups is 2. The number of pyridine rings is 1. The minimum absolute atomic E-state index is 0.00111. The first kappa shape index (κ1) is 50.2. The SMILES string of the molecule is COc1ccc2c(c1)nc(S(=O)Cc1ncc(C)c(OC)c1C)n2S(=O)(=O)c1ccc(OC(OCC(=O)OCCS(=O)(=O)c2ccc(C)cc2)C(=O)OCCS(=O)(=O)c2ccc(C)cc2)cc1. The highest BCUT2D eigenvalue weighted by Gasteiger charge is 2.30. The molecule has 0 saturated carbocycles. The molecule has 0 bridgehead atoms. The minimum atomic E-state index is -4.58.